The fourth-order valence-electron chi connectivity index (χ4n) is 1.64. The average molecular weight is 352 g/mol. The maximum Gasteiger partial charge on any atom is 0.137 e. The predicted molar refractivity (Wildman–Crippen MR) is 69.5 cm³/mol. The fraction of sp³-hybridized carbons (Fsp3) is 0.0769. The smallest absolute Gasteiger partial charge is 0.137 e. The van der Waals surface area contributed by atoms with Crippen LogP contribution in [0.5, 0.6) is 0 Å². The number of aliphatic hydroxyl groups is 1. The number of aliphatic hydroxyl groups excluding tert-OH is 1. The Hall–Kier alpha value is -1.04. The summed E-state index contributed by atoms with van der Waals surface area (Å²) < 4.78 is 40.6. The first-order valence-electron chi connectivity index (χ1n) is 5.17. The zero-order chi connectivity index (χ0) is 14.2. The minimum Gasteiger partial charge on any atom is -0.383 e. The third-order valence-corrected chi connectivity index (χ3v) is 3.43. The van der Waals surface area contributed by atoms with Crippen LogP contribution in [0.15, 0.2) is 34.8 Å². The number of benzene rings is 2. The van der Waals surface area contributed by atoms with Gasteiger partial charge in [0.05, 0.1) is 4.47 Å². The first-order valence-corrected chi connectivity index (χ1v) is 6.34. The van der Waals surface area contributed by atoms with E-state index >= 15 is 0 Å². The third-order valence-electron chi connectivity index (χ3n) is 2.59. The van der Waals surface area contributed by atoms with Gasteiger partial charge in [0.1, 0.15) is 23.6 Å². The first-order chi connectivity index (χ1) is 8.90. The van der Waals surface area contributed by atoms with Crippen molar-refractivity contribution in [2.24, 2.45) is 0 Å². The van der Waals surface area contributed by atoms with Crippen LogP contribution in [0.25, 0.3) is 0 Å². The van der Waals surface area contributed by atoms with Crippen LogP contribution < -0.4 is 0 Å². The van der Waals surface area contributed by atoms with Gasteiger partial charge in [0.2, 0.25) is 0 Å². The van der Waals surface area contributed by atoms with Crippen molar-refractivity contribution in [2.45, 2.75) is 6.10 Å². The van der Waals surface area contributed by atoms with Crippen LogP contribution in [-0.4, -0.2) is 5.11 Å². The normalized spacial score (nSPS) is 12.5. The molecule has 6 heteroatoms. The molecular weight excluding hydrogens is 344 g/mol. The molecule has 100 valence electrons. The largest absolute Gasteiger partial charge is 0.383 e. The Balaban J connectivity index is 2.52. The van der Waals surface area contributed by atoms with E-state index in [0.29, 0.717) is 0 Å². The summed E-state index contributed by atoms with van der Waals surface area (Å²) in [5, 5.41) is 10.2. The fourth-order valence-corrected chi connectivity index (χ4v) is 2.14. The molecule has 2 aromatic rings. The molecule has 0 spiro atoms. The van der Waals surface area contributed by atoms with Gasteiger partial charge in [-0.2, -0.15) is 0 Å². The summed E-state index contributed by atoms with van der Waals surface area (Å²) >= 11 is 8.51. The van der Waals surface area contributed by atoms with E-state index in [-0.39, 0.29) is 20.6 Å². The molecule has 2 aromatic carbocycles. The van der Waals surface area contributed by atoms with Crippen LogP contribution in [0.3, 0.4) is 0 Å². The van der Waals surface area contributed by atoms with Crippen molar-refractivity contribution < 1.29 is 18.3 Å². The number of hydrogen-bond acceptors (Lipinski definition) is 1. The summed E-state index contributed by atoms with van der Waals surface area (Å²) in [6.07, 6.45) is -1.64. The molecule has 0 bridgehead atoms. The Labute approximate surface area is 120 Å². The van der Waals surface area contributed by atoms with Crippen molar-refractivity contribution in [3.05, 3.63) is 68.4 Å². The lowest BCUT2D eigenvalue weighted by Gasteiger charge is -2.14. The van der Waals surface area contributed by atoms with Crippen molar-refractivity contribution in [1.82, 2.24) is 0 Å². The highest BCUT2D eigenvalue weighted by Crippen LogP contribution is 2.30. The van der Waals surface area contributed by atoms with E-state index in [1.54, 1.807) is 0 Å². The van der Waals surface area contributed by atoms with Gasteiger partial charge in [-0.15, -0.1) is 0 Å². The Bertz CT molecular complexity index is 634. The van der Waals surface area contributed by atoms with E-state index in [2.05, 4.69) is 15.9 Å². The molecule has 0 saturated carbocycles. The highest BCUT2D eigenvalue weighted by molar-refractivity contribution is 9.10. The molecule has 19 heavy (non-hydrogen) atoms. The summed E-state index contributed by atoms with van der Waals surface area (Å²) in [5.41, 5.74) is -0.574. The van der Waals surface area contributed by atoms with E-state index in [9.17, 15) is 18.3 Å². The summed E-state index contributed by atoms with van der Waals surface area (Å²) in [7, 11) is 0. The molecule has 0 aliphatic carbocycles. The lowest BCUT2D eigenvalue weighted by Crippen LogP contribution is -2.06. The highest BCUT2D eigenvalue weighted by Gasteiger charge is 2.20. The van der Waals surface area contributed by atoms with Crippen LogP contribution in [0.1, 0.15) is 17.2 Å². The van der Waals surface area contributed by atoms with Crippen LogP contribution in [0, 0.1) is 17.5 Å². The molecule has 0 heterocycles. The van der Waals surface area contributed by atoms with E-state index in [1.807, 2.05) is 0 Å². The second kappa shape index (κ2) is 5.53. The van der Waals surface area contributed by atoms with Crippen molar-refractivity contribution in [3.63, 3.8) is 0 Å². The van der Waals surface area contributed by atoms with Crippen LogP contribution >= 0.6 is 27.5 Å². The Kier molecular flexibility index (Phi) is 4.18. The topological polar surface area (TPSA) is 20.2 Å². The lowest BCUT2D eigenvalue weighted by atomic mass is 10.0. The number of hydrogen-bond donors (Lipinski definition) is 1. The molecule has 2 rings (SSSR count). The summed E-state index contributed by atoms with van der Waals surface area (Å²) in [4.78, 5) is 0. The standard InChI is InChI=1S/C13H7BrClF3O/c14-9-5-11(17)8(4-12(9)18)13(19)7-3-6(15)1-2-10(7)16/h1-5,13,19H. The Morgan fingerprint density at radius 3 is 2.26 bits per heavy atom. The van der Waals surface area contributed by atoms with Gasteiger partial charge in [0, 0.05) is 16.1 Å². The van der Waals surface area contributed by atoms with Gasteiger partial charge in [-0.3, -0.25) is 0 Å². The second-order valence-corrected chi connectivity index (χ2v) is 5.15. The molecular formula is C13H7BrClF3O. The number of rotatable bonds is 2. The molecule has 0 radical (unpaired) electrons. The zero-order valence-electron chi connectivity index (χ0n) is 9.30. The third kappa shape index (κ3) is 2.94. The summed E-state index contributed by atoms with van der Waals surface area (Å²) in [6, 6.07) is 5.20. The minimum absolute atomic E-state index is 0.0764. The average Bonchev–Trinajstić information content (AvgIpc) is 2.36. The van der Waals surface area contributed by atoms with E-state index in [4.69, 9.17) is 11.6 Å². The van der Waals surface area contributed by atoms with Crippen molar-refractivity contribution >= 4 is 27.5 Å². The Morgan fingerprint density at radius 2 is 1.58 bits per heavy atom. The molecule has 0 aromatic heterocycles. The van der Waals surface area contributed by atoms with Gasteiger partial charge in [-0.05, 0) is 46.3 Å². The van der Waals surface area contributed by atoms with Crippen LogP contribution in [0.2, 0.25) is 5.02 Å². The van der Waals surface area contributed by atoms with Gasteiger partial charge < -0.3 is 5.11 Å². The molecule has 0 saturated heterocycles. The van der Waals surface area contributed by atoms with Gasteiger partial charge in [-0.1, -0.05) is 11.6 Å². The first kappa shape index (κ1) is 14.4. The van der Waals surface area contributed by atoms with Gasteiger partial charge in [0.15, 0.2) is 0 Å². The van der Waals surface area contributed by atoms with Crippen molar-refractivity contribution in [3.8, 4) is 0 Å². The highest BCUT2D eigenvalue weighted by atomic mass is 79.9. The summed E-state index contributed by atoms with van der Waals surface area (Å²) in [5.74, 6) is -2.35. The molecule has 1 unspecified atom stereocenters. The molecule has 1 N–H and O–H groups in total. The quantitative estimate of drug-likeness (QED) is 0.784. The van der Waals surface area contributed by atoms with Crippen molar-refractivity contribution in [1.29, 1.82) is 0 Å². The van der Waals surface area contributed by atoms with Crippen LogP contribution in [0.4, 0.5) is 13.2 Å². The molecule has 0 aliphatic heterocycles. The minimum atomic E-state index is -1.64. The molecule has 0 aliphatic rings. The zero-order valence-corrected chi connectivity index (χ0v) is 11.6. The molecule has 0 fully saturated rings. The van der Waals surface area contributed by atoms with Gasteiger partial charge in [0.25, 0.3) is 0 Å². The monoisotopic (exact) mass is 350 g/mol. The van der Waals surface area contributed by atoms with Crippen LogP contribution in [-0.2, 0) is 0 Å². The van der Waals surface area contributed by atoms with E-state index < -0.39 is 23.6 Å². The van der Waals surface area contributed by atoms with E-state index in [0.717, 1.165) is 18.2 Å². The van der Waals surface area contributed by atoms with Crippen molar-refractivity contribution in [2.75, 3.05) is 0 Å². The molecule has 1 atom stereocenters. The van der Waals surface area contributed by atoms with Gasteiger partial charge >= 0.3 is 0 Å². The molecule has 0 amide bonds. The SMILES string of the molecule is OC(c1cc(Cl)ccc1F)c1cc(F)c(Br)cc1F. The number of halogens is 5. The lowest BCUT2D eigenvalue weighted by molar-refractivity contribution is 0.209. The van der Waals surface area contributed by atoms with Gasteiger partial charge in [-0.25, -0.2) is 13.2 Å². The second-order valence-electron chi connectivity index (χ2n) is 3.86. The summed E-state index contributed by atoms with van der Waals surface area (Å²) in [6.45, 7) is 0. The Morgan fingerprint density at radius 1 is 0.947 bits per heavy atom. The predicted octanol–water partition coefficient (Wildman–Crippen LogP) is 4.60. The maximum atomic E-state index is 13.7. The van der Waals surface area contributed by atoms with E-state index in [1.165, 1.54) is 12.1 Å². The molecule has 1 nitrogen and oxygen atoms in total. The maximum absolute atomic E-state index is 13.7.